The molecule has 8 heteroatoms. The van der Waals surface area contributed by atoms with Crippen molar-refractivity contribution in [3.8, 4) is 11.4 Å². The summed E-state index contributed by atoms with van der Waals surface area (Å²) in [5.41, 5.74) is 0.328. The Labute approximate surface area is 231 Å². The molecule has 0 fully saturated rings. The van der Waals surface area contributed by atoms with Crippen molar-refractivity contribution in [3.63, 3.8) is 0 Å². The van der Waals surface area contributed by atoms with Crippen LogP contribution in [0.3, 0.4) is 0 Å². The molecule has 180 valence electrons. The van der Waals surface area contributed by atoms with Gasteiger partial charge in [-0.05, 0) is 54.6 Å². The molecule has 0 amide bonds. The smallest absolute Gasteiger partial charge is 0.296 e. The van der Waals surface area contributed by atoms with Crippen LogP contribution < -0.4 is 39.2 Å². The molecule has 0 atom stereocenters. The summed E-state index contributed by atoms with van der Waals surface area (Å²) in [6.45, 7) is 0. The van der Waals surface area contributed by atoms with Gasteiger partial charge in [0.1, 0.15) is 26.8 Å². The lowest BCUT2D eigenvalue weighted by atomic mass is 10.2. The van der Waals surface area contributed by atoms with Gasteiger partial charge in [-0.15, -0.1) is 12.6 Å². The van der Waals surface area contributed by atoms with Crippen LogP contribution in [0.4, 0.5) is 0 Å². The fourth-order valence-electron chi connectivity index (χ4n) is 4.36. The van der Waals surface area contributed by atoms with E-state index in [1.807, 2.05) is 54.6 Å². The van der Waals surface area contributed by atoms with Crippen molar-refractivity contribution in [2.75, 3.05) is 0 Å². The van der Waals surface area contributed by atoms with E-state index in [9.17, 15) is 4.79 Å². The number of thiol groups is 1. The Bertz CT molecular complexity index is 1450. The van der Waals surface area contributed by atoms with E-state index in [1.54, 1.807) is 18.2 Å². The number of aromatic nitrogens is 2. The second kappa shape index (κ2) is 11.2. The molecular weight excluding hydrogens is 550 g/mol. The zero-order valence-corrected chi connectivity index (χ0v) is 22.8. The number of nitrogens with zero attached hydrogens (tertiary/aromatic N) is 1. The summed E-state index contributed by atoms with van der Waals surface area (Å²) < 4.78 is 0. The third-order valence-electron chi connectivity index (χ3n) is 5.83. The van der Waals surface area contributed by atoms with Crippen LogP contribution in [0, 0.1) is 0 Å². The second-order valence-electron chi connectivity index (χ2n) is 7.89. The van der Waals surface area contributed by atoms with Crippen molar-refractivity contribution >= 4 is 64.3 Å². The van der Waals surface area contributed by atoms with Gasteiger partial charge in [-0.2, -0.15) is 0 Å². The summed E-state index contributed by atoms with van der Waals surface area (Å²) in [4.78, 5) is 21.7. The van der Waals surface area contributed by atoms with Crippen LogP contribution in [-0.4, -0.2) is 9.97 Å². The number of halogens is 3. The highest BCUT2D eigenvalue weighted by atomic mass is 35.5. The molecule has 0 saturated carbocycles. The average molecular weight is 570 g/mol. The van der Waals surface area contributed by atoms with Crippen molar-refractivity contribution in [3.05, 3.63) is 130 Å². The van der Waals surface area contributed by atoms with E-state index in [0.29, 0.717) is 31.8 Å². The fraction of sp³-hybridized carbons (Fsp3) is 0. The first kappa shape index (κ1) is 26.5. The highest BCUT2D eigenvalue weighted by molar-refractivity contribution is 8.02. The molecule has 0 saturated heterocycles. The zero-order valence-electron chi connectivity index (χ0n) is 18.8. The Morgan fingerprint density at radius 2 is 1.19 bits per heavy atom. The first-order valence-electron chi connectivity index (χ1n) is 10.9. The van der Waals surface area contributed by atoms with Crippen molar-refractivity contribution < 1.29 is 12.4 Å². The van der Waals surface area contributed by atoms with Gasteiger partial charge in [0, 0.05) is 10.6 Å². The lowest BCUT2D eigenvalue weighted by molar-refractivity contribution is -0.00000660. The normalized spacial score (nSPS) is 11.1. The summed E-state index contributed by atoms with van der Waals surface area (Å²) in [7, 11) is -2.65. The van der Waals surface area contributed by atoms with E-state index in [0.717, 1.165) is 15.9 Å². The lowest BCUT2D eigenvalue weighted by Gasteiger charge is -2.27. The molecule has 1 heterocycles. The van der Waals surface area contributed by atoms with E-state index in [1.165, 1.54) is 0 Å². The number of nitrogens with one attached hydrogen (secondary N) is 1. The zero-order chi connectivity index (χ0) is 24.4. The van der Waals surface area contributed by atoms with Crippen LogP contribution in [-0.2, 0) is 0 Å². The lowest BCUT2D eigenvalue weighted by Crippen LogP contribution is -3.00. The largest absolute Gasteiger partial charge is 1.00 e. The summed E-state index contributed by atoms with van der Waals surface area (Å²) in [6.07, 6.45) is 0. The molecule has 5 rings (SSSR count). The molecule has 0 aliphatic rings. The van der Waals surface area contributed by atoms with Gasteiger partial charge >= 0.3 is 0 Å². The van der Waals surface area contributed by atoms with Crippen LogP contribution >= 0.6 is 43.1 Å². The number of benzene rings is 4. The van der Waals surface area contributed by atoms with Gasteiger partial charge in [-0.3, -0.25) is 4.79 Å². The number of hydrogen-bond donors (Lipinski definition) is 2. The maximum atomic E-state index is 14.0. The highest BCUT2D eigenvalue weighted by Crippen LogP contribution is 2.54. The molecule has 0 radical (unpaired) electrons. The molecule has 1 N–H and O–H groups in total. The van der Waals surface area contributed by atoms with E-state index >= 15 is 0 Å². The third kappa shape index (κ3) is 4.72. The maximum absolute atomic E-state index is 14.0. The van der Waals surface area contributed by atoms with Crippen molar-refractivity contribution in [2.24, 2.45) is 0 Å². The Balaban J connectivity index is 0.00000304. The van der Waals surface area contributed by atoms with Gasteiger partial charge in [0.15, 0.2) is 7.26 Å². The molecule has 0 bridgehead atoms. The topological polar surface area (TPSA) is 45.8 Å². The van der Waals surface area contributed by atoms with Crippen molar-refractivity contribution in [1.29, 1.82) is 0 Å². The van der Waals surface area contributed by atoms with E-state index in [2.05, 4.69) is 41.4 Å². The van der Waals surface area contributed by atoms with Crippen LogP contribution in [0.5, 0.6) is 0 Å². The Hall–Kier alpha value is -2.59. The Morgan fingerprint density at radius 3 is 1.61 bits per heavy atom. The molecule has 0 spiro atoms. The minimum Gasteiger partial charge on any atom is -1.00 e. The predicted molar refractivity (Wildman–Crippen MR) is 152 cm³/mol. The fourth-order valence-corrected chi connectivity index (χ4v) is 9.74. The second-order valence-corrected chi connectivity index (χ2v) is 12.5. The monoisotopic (exact) mass is 568 g/mol. The van der Waals surface area contributed by atoms with Crippen molar-refractivity contribution in [1.82, 2.24) is 9.97 Å². The standard InChI is InChI=1S/C28H19Cl2N2OPS.ClH/c29-19-16-17-23(24(30)18-19)26-31-27(33)25(28(35)32-26)34(20-10-4-1-5-11-20,21-12-6-2-7-13-21)22-14-8-3-9-15-22;/h1-18H,(H-,31,32,33,35);1H. The minimum atomic E-state index is -2.65. The SMILES string of the molecule is O=c1[nH]c(-c2ccc(Cl)cc2Cl)nc(S)c1[P+](c1ccccc1)(c1ccccc1)c1ccccc1.[Cl-]. The highest BCUT2D eigenvalue weighted by Gasteiger charge is 2.51. The van der Waals surface area contributed by atoms with E-state index in [4.69, 9.17) is 40.8 Å². The van der Waals surface area contributed by atoms with Gasteiger partial charge in [0.2, 0.25) is 5.30 Å². The first-order chi connectivity index (χ1) is 17.0. The van der Waals surface area contributed by atoms with Gasteiger partial charge in [0.05, 0.1) is 5.02 Å². The third-order valence-corrected chi connectivity index (χ3v) is 11.2. The van der Waals surface area contributed by atoms with E-state index < -0.39 is 7.26 Å². The molecule has 0 aliphatic heterocycles. The summed E-state index contributed by atoms with van der Waals surface area (Å²) in [5.74, 6) is 0.345. The molecule has 1 aromatic heterocycles. The molecule has 36 heavy (non-hydrogen) atoms. The molecule has 0 unspecified atom stereocenters. The quantitative estimate of drug-likeness (QED) is 0.194. The van der Waals surface area contributed by atoms with Crippen LogP contribution in [0.1, 0.15) is 0 Å². The van der Waals surface area contributed by atoms with Gasteiger partial charge in [-0.1, -0.05) is 77.8 Å². The van der Waals surface area contributed by atoms with Gasteiger partial charge in [0.25, 0.3) is 5.56 Å². The minimum absolute atomic E-state index is 0. The van der Waals surface area contributed by atoms with Gasteiger partial charge in [-0.25, -0.2) is 4.98 Å². The predicted octanol–water partition coefficient (Wildman–Crippen LogP) is 2.66. The van der Waals surface area contributed by atoms with Crippen LogP contribution in [0.15, 0.2) is 119 Å². The van der Waals surface area contributed by atoms with E-state index in [-0.39, 0.29) is 18.0 Å². The maximum Gasteiger partial charge on any atom is 0.296 e. The molecule has 3 nitrogen and oxygen atoms in total. The molecule has 0 aliphatic carbocycles. The van der Waals surface area contributed by atoms with Gasteiger partial charge < -0.3 is 17.4 Å². The van der Waals surface area contributed by atoms with Crippen LogP contribution in [0.2, 0.25) is 10.0 Å². The van der Waals surface area contributed by atoms with Crippen molar-refractivity contribution in [2.45, 2.75) is 5.03 Å². The number of aromatic amines is 1. The summed E-state index contributed by atoms with van der Waals surface area (Å²) in [6, 6.07) is 35.4. The number of hydrogen-bond acceptors (Lipinski definition) is 3. The Morgan fingerprint density at radius 1 is 0.722 bits per heavy atom. The summed E-state index contributed by atoms with van der Waals surface area (Å²) >= 11 is 17.3. The van der Waals surface area contributed by atoms with Crippen LogP contribution in [0.25, 0.3) is 11.4 Å². The number of rotatable bonds is 5. The Kier molecular flexibility index (Phi) is 8.24. The summed E-state index contributed by atoms with van der Waals surface area (Å²) in [5, 5.41) is 4.92. The average Bonchev–Trinajstić information content (AvgIpc) is 2.88. The molecular formula is C28H20Cl3N2OPS. The number of H-pyrrole nitrogens is 1. The molecule has 5 aromatic rings. The first-order valence-corrected chi connectivity index (χ1v) is 13.9. The molecule has 4 aromatic carbocycles.